The molecule has 120 valence electrons. The SMILES string of the molecule is CC.CNCc1c(COCc2ccccc2)cc(C)nc1N. The van der Waals surface area contributed by atoms with Crippen molar-refractivity contribution in [1.29, 1.82) is 0 Å². The van der Waals surface area contributed by atoms with E-state index in [0.717, 1.165) is 16.8 Å². The largest absolute Gasteiger partial charge is 0.383 e. The molecule has 0 saturated carbocycles. The van der Waals surface area contributed by atoms with E-state index < -0.39 is 0 Å². The van der Waals surface area contributed by atoms with Gasteiger partial charge in [0.25, 0.3) is 0 Å². The fourth-order valence-corrected chi connectivity index (χ4v) is 2.16. The first-order chi connectivity index (χ1) is 10.7. The third-order valence-electron chi connectivity index (χ3n) is 3.10. The van der Waals surface area contributed by atoms with Crippen molar-refractivity contribution >= 4 is 5.82 Å². The van der Waals surface area contributed by atoms with Crippen molar-refractivity contribution in [2.75, 3.05) is 12.8 Å². The van der Waals surface area contributed by atoms with Crippen LogP contribution in [0.3, 0.4) is 0 Å². The average molecular weight is 301 g/mol. The summed E-state index contributed by atoms with van der Waals surface area (Å²) in [6.45, 7) is 7.78. The Morgan fingerprint density at radius 1 is 1.14 bits per heavy atom. The first kappa shape index (κ1) is 18.1. The molecule has 4 nitrogen and oxygen atoms in total. The van der Waals surface area contributed by atoms with Crippen molar-refractivity contribution < 1.29 is 4.74 Å². The van der Waals surface area contributed by atoms with Crippen LogP contribution in [-0.2, 0) is 24.5 Å². The van der Waals surface area contributed by atoms with Crippen LogP contribution >= 0.6 is 0 Å². The molecular formula is C18H27N3O. The molecule has 22 heavy (non-hydrogen) atoms. The molecule has 0 saturated heterocycles. The predicted octanol–water partition coefficient (Wildman–Crippen LogP) is 3.43. The molecule has 0 aliphatic heterocycles. The standard InChI is InChI=1S/C16H21N3O.C2H6/c1-12-8-14(15(9-18-2)16(17)19-12)11-20-10-13-6-4-3-5-7-13;1-2/h3-8,18H,9-11H2,1-2H3,(H2,17,19);1-2H3. The topological polar surface area (TPSA) is 60.2 Å². The summed E-state index contributed by atoms with van der Waals surface area (Å²) in [5.74, 6) is 0.581. The van der Waals surface area contributed by atoms with E-state index in [4.69, 9.17) is 10.5 Å². The number of rotatable bonds is 6. The number of nitrogen functional groups attached to an aromatic ring is 1. The Morgan fingerprint density at radius 2 is 1.82 bits per heavy atom. The zero-order chi connectivity index (χ0) is 16.4. The normalized spacial score (nSPS) is 10.0. The number of aryl methyl sites for hydroxylation is 1. The summed E-state index contributed by atoms with van der Waals surface area (Å²) in [6, 6.07) is 12.2. The molecule has 1 aromatic heterocycles. The van der Waals surface area contributed by atoms with Gasteiger partial charge in [0, 0.05) is 17.8 Å². The first-order valence-corrected chi connectivity index (χ1v) is 7.72. The maximum atomic E-state index is 5.98. The lowest BCUT2D eigenvalue weighted by Crippen LogP contribution is -2.13. The summed E-state index contributed by atoms with van der Waals surface area (Å²) in [7, 11) is 1.90. The number of aromatic nitrogens is 1. The van der Waals surface area contributed by atoms with Crippen LogP contribution in [0.15, 0.2) is 36.4 Å². The van der Waals surface area contributed by atoms with Crippen molar-refractivity contribution in [3.63, 3.8) is 0 Å². The molecule has 0 unspecified atom stereocenters. The van der Waals surface area contributed by atoms with Crippen LogP contribution in [0.5, 0.6) is 0 Å². The number of nitrogens with zero attached hydrogens (tertiary/aromatic N) is 1. The number of nitrogens with one attached hydrogen (secondary N) is 1. The Kier molecular flexibility index (Phi) is 8.18. The summed E-state index contributed by atoms with van der Waals surface area (Å²) >= 11 is 0. The quantitative estimate of drug-likeness (QED) is 0.858. The highest BCUT2D eigenvalue weighted by molar-refractivity contribution is 5.45. The highest BCUT2D eigenvalue weighted by Crippen LogP contribution is 2.18. The molecule has 0 atom stereocenters. The highest BCUT2D eigenvalue weighted by atomic mass is 16.5. The van der Waals surface area contributed by atoms with E-state index >= 15 is 0 Å². The minimum absolute atomic E-state index is 0.541. The number of ether oxygens (including phenoxy) is 1. The van der Waals surface area contributed by atoms with Gasteiger partial charge >= 0.3 is 0 Å². The minimum atomic E-state index is 0.541. The molecule has 1 heterocycles. The van der Waals surface area contributed by atoms with Gasteiger partial charge in [0.2, 0.25) is 0 Å². The van der Waals surface area contributed by atoms with Crippen LogP contribution in [0.4, 0.5) is 5.82 Å². The van der Waals surface area contributed by atoms with Crippen molar-refractivity contribution in [2.45, 2.75) is 40.5 Å². The van der Waals surface area contributed by atoms with Crippen LogP contribution in [0.2, 0.25) is 0 Å². The molecule has 2 rings (SSSR count). The molecule has 0 amide bonds. The Hall–Kier alpha value is -1.91. The molecule has 0 radical (unpaired) electrons. The van der Waals surface area contributed by atoms with E-state index in [1.165, 1.54) is 5.56 Å². The predicted molar refractivity (Wildman–Crippen MR) is 92.4 cm³/mol. The van der Waals surface area contributed by atoms with Gasteiger partial charge < -0.3 is 15.8 Å². The third-order valence-corrected chi connectivity index (χ3v) is 3.10. The second-order valence-corrected chi connectivity index (χ2v) is 4.80. The lowest BCUT2D eigenvalue weighted by atomic mass is 10.1. The number of anilines is 1. The Balaban J connectivity index is 0.00000116. The maximum absolute atomic E-state index is 5.98. The van der Waals surface area contributed by atoms with Gasteiger partial charge in [0.15, 0.2) is 0 Å². The summed E-state index contributed by atoms with van der Waals surface area (Å²) in [5.41, 5.74) is 10.2. The third kappa shape index (κ3) is 5.47. The maximum Gasteiger partial charge on any atom is 0.128 e. The second kappa shape index (κ2) is 9.92. The van der Waals surface area contributed by atoms with Gasteiger partial charge in [-0.3, -0.25) is 0 Å². The van der Waals surface area contributed by atoms with Crippen LogP contribution in [0.25, 0.3) is 0 Å². The van der Waals surface area contributed by atoms with Gasteiger partial charge in [-0.05, 0) is 31.2 Å². The molecule has 2 aromatic rings. The molecule has 4 heteroatoms. The van der Waals surface area contributed by atoms with E-state index in [9.17, 15) is 0 Å². The van der Waals surface area contributed by atoms with E-state index in [0.29, 0.717) is 25.6 Å². The molecule has 1 aromatic carbocycles. The molecule has 0 aliphatic rings. The number of nitrogens with two attached hydrogens (primary N) is 1. The van der Waals surface area contributed by atoms with Gasteiger partial charge in [-0.2, -0.15) is 0 Å². The number of pyridine rings is 1. The minimum Gasteiger partial charge on any atom is -0.383 e. The van der Waals surface area contributed by atoms with Crippen molar-refractivity contribution in [3.05, 3.63) is 58.8 Å². The van der Waals surface area contributed by atoms with Crippen LogP contribution in [-0.4, -0.2) is 12.0 Å². The lowest BCUT2D eigenvalue weighted by Gasteiger charge is -2.13. The Bertz CT molecular complexity index is 556. The van der Waals surface area contributed by atoms with Crippen LogP contribution < -0.4 is 11.1 Å². The van der Waals surface area contributed by atoms with Gasteiger partial charge in [0.05, 0.1) is 13.2 Å². The molecule has 0 fully saturated rings. The van der Waals surface area contributed by atoms with E-state index in [1.807, 2.05) is 52.1 Å². The lowest BCUT2D eigenvalue weighted by molar-refractivity contribution is 0.106. The van der Waals surface area contributed by atoms with Gasteiger partial charge in [-0.1, -0.05) is 44.2 Å². The van der Waals surface area contributed by atoms with E-state index in [1.54, 1.807) is 0 Å². The second-order valence-electron chi connectivity index (χ2n) is 4.80. The fourth-order valence-electron chi connectivity index (χ4n) is 2.16. The van der Waals surface area contributed by atoms with Crippen LogP contribution in [0, 0.1) is 6.92 Å². The zero-order valence-electron chi connectivity index (χ0n) is 14.0. The van der Waals surface area contributed by atoms with Gasteiger partial charge in [0.1, 0.15) is 5.82 Å². The van der Waals surface area contributed by atoms with E-state index in [-0.39, 0.29) is 0 Å². The van der Waals surface area contributed by atoms with Crippen LogP contribution in [0.1, 0.15) is 36.2 Å². The molecular weight excluding hydrogens is 274 g/mol. The Morgan fingerprint density at radius 3 is 2.45 bits per heavy atom. The summed E-state index contributed by atoms with van der Waals surface area (Å²) in [5, 5.41) is 3.12. The first-order valence-electron chi connectivity index (χ1n) is 7.72. The molecule has 0 spiro atoms. The molecule has 0 aliphatic carbocycles. The fraction of sp³-hybridized carbons (Fsp3) is 0.389. The summed E-state index contributed by atoms with van der Waals surface area (Å²) < 4.78 is 5.79. The monoisotopic (exact) mass is 301 g/mol. The summed E-state index contributed by atoms with van der Waals surface area (Å²) in [6.07, 6.45) is 0. The van der Waals surface area contributed by atoms with E-state index in [2.05, 4.69) is 22.4 Å². The Labute approximate surface area is 133 Å². The molecule has 0 bridgehead atoms. The number of hydrogen-bond donors (Lipinski definition) is 2. The number of hydrogen-bond acceptors (Lipinski definition) is 4. The van der Waals surface area contributed by atoms with Gasteiger partial charge in [-0.25, -0.2) is 4.98 Å². The van der Waals surface area contributed by atoms with Crippen molar-refractivity contribution in [2.24, 2.45) is 0 Å². The van der Waals surface area contributed by atoms with Crippen molar-refractivity contribution in [3.8, 4) is 0 Å². The summed E-state index contributed by atoms with van der Waals surface area (Å²) in [4.78, 5) is 4.30. The molecule has 3 N–H and O–H groups in total. The highest BCUT2D eigenvalue weighted by Gasteiger charge is 2.08. The zero-order valence-corrected chi connectivity index (χ0v) is 14.0. The smallest absolute Gasteiger partial charge is 0.128 e. The average Bonchev–Trinajstić information content (AvgIpc) is 2.53. The van der Waals surface area contributed by atoms with Gasteiger partial charge in [-0.15, -0.1) is 0 Å². The van der Waals surface area contributed by atoms with Crippen molar-refractivity contribution in [1.82, 2.24) is 10.3 Å². The number of benzene rings is 1.